The zero-order valence-corrected chi connectivity index (χ0v) is 12.9. The summed E-state index contributed by atoms with van der Waals surface area (Å²) in [6.07, 6.45) is 3.85. The molecule has 0 fully saturated rings. The number of nitrogens with zero attached hydrogens (tertiary/aromatic N) is 1. The van der Waals surface area contributed by atoms with Gasteiger partial charge in [-0.05, 0) is 50.1 Å². The molecule has 23 heavy (non-hydrogen) atoms. The van der Waals surface area contributed by atoms with Crippen molar-refractivity contribution in [1.29, 1.82) is 0 Å². The molecule has 1 aliphatic carbocycles. The highest BCUT2D eigenvalue weighted by Crippen LogP contribution is 2.15. The van der Waals surface area contributed by atoms with E-state index in [9.17, 15) is 4.79 Å². The first-order valence-corrected chi connectivity index (χ1v) is 7.51. The maximum absolute atomic E-state index is 12.0. The van der Waals surface area contributed by atoms with Gasteiger partial charge in [-0.15, -0.1) is 0 Å². The van der Waals surface area contributed by atoms with Gasteiger partial charge in [0.25, 0.3) is 0 Å². The summed E-state index contributed by atoms with van der Waals surface area (Å²) in [6.45, 7) is 2.32. The number of furan rings is 1. The van der Waals surface area contributed by atoms with Gasteiger partial charge in [0.2, 0.25) is 0 Å². The van der Waals surface area contributed by atoms with Crippen LogP contribution in [0.2, 0.25) is 0 Å². The largest absolute Gasteiger partial charge is 0.486 e. The summed E-state index contributed by atoms with van der Waals surface area (Å²) < 4.78 is 11.1. The molecule has 5 nitrogen and oxygen atoms in total. The van der Waals surface area contributed by atoms with Crippen LogP contribution >= 0.6 is 0 Å². The number of ether oxygens (including phenoxy) is 1. The highest BCUT2D eigenvalue weighted by atomic mass is 16.5. The molecule has 5 heteroatoms. The van der Waals surface area contributed by atoms with Crippen molar-refractivity contribution >= 4 is 11.6 Å². The first kappa shape index (κ1) is 15.1. The lowest BCUT2D eigenvalue weighted by atomic mass is 10.3. The van der Waals surface area contributed by atoms with Gasteiger partial charge >= 0.3 is 5.91 Å². The summed E-state index contributed by atoms with van der Waals surface area (Å²) in [5.74, 6) is 1.20. The number of rotatable bonds is 5. The van der Waals surface area contributed by atoms with Gasteiger partial charge in [-0.3, -0.25) is 4.79 Å². The van der Waals surface area contributed by atoms with Crippen LogP contribution in [0.3, 0.4) is 0 Å². The maximum atomic E-state index is 12.0. The van der Waals surface area contributed by atoms with Gasteiger partial charge in [-0.2, -0.15) is 5.10 Å². The Kier molecular flexibility index (Phi) is 4.57. The van der Waals surface area contributed by atoms with Gasteiger partial charge in [0.05, 0.1) is 5.71 Å². The molecule has 1 amide bonds. The number of allylic oxidation sites excluding steroid dienone is 2. The first-order chi connectivity index (χ1) is 11.2. The first-order valence-electron chi connectivity index (χ1n) is 7.51. The average molecular weight is 310 g/mol. The summed E-state index contributed by atoms with van der Waals surface area (Å²) in [7, 11) is 0. The molecule has 1 aromatic heterocycles. The molecule has 3 rings (SSSR count). The van der Waals surface area contributed by atoms with Crippen LogP contribution < -0.4 is 10.2 Å². The Bertz CT molecular complexity index is 745. The Labute approximate surface area is 134 Å². The predicted molar refractivity (Wildman–Crippen MR) is 87.4 cm³/mol. The third-order valence-electron chi connectivity index (χ3n) is 3.50. The number of hydrogen-bond acceptors (Lipinski definition) is 4. The Balaban J connectivity index is 1.55. The lowest BCUT2D eigenvalue weighted by molar-refractivity contribution is 0.0923. The molecule has 1 N–H and O–H groups in total. The maximum Gasteiger partial charge on any atom is 0.307 e. The van der Waals surface area contributed by atoms with E-state index in [1.54, 1.807) is 12.1 Å². The molecule has 118 valence electrons. The zero-order valence-electron chi connectivity index (χ0n) is 12.9. The van der Waals surface area contributed by atoms with Crippen LogP contribution in [0, 0.1) is 0 Å². The third-order valence-corrected chi connectivity index (χ3v) is 3.50. The summed E-state index contributed by atoms with van der Waals surface area (Å²) in [4.78, 5) is 12.0. The predicted octanol–water partition coefficient (Wildman–Crippen LogP) is 3.68. The van der Waals surface area contributed by atoms with E-state index in [4.69, 9.17) is 9.15 Å². The molecular formula is C18H18N2O3. The zero-order chi connectivity index (χ0) is 16.1. The van der Waals surface area contributed by atoms with Crippen molar-refractivity contribution < 1.29 is 13.9 Å². The normalized spacial score (nSPS) is 15.5. The number of carbonyl (C=O) groups excluding carboxylic acids is 1. The highest BCUT2D eigenvalue weighted by molar-refractivity contribution is 5.99. The number of para-hydroxylation sites is 1. The van der Waals surface area contributed by atoms with E-state index in [-0.39, 0.29) is 18.3 Å². The van der Waals surface area contributed by atoms with E-state index < -0.39 is 0 Å². The number of nitrogens with one attached hydrogen (secondary N) is 1. The van der Waals surface area contributed by atoms with E-state index in [0.29, 0.717) is 5.76 Å². The summed E-state index contributed by atoms with van der Waals surface area (Å²) in [6, 6.07) is 12.8. The molecule has 2 aromatic rings. The van der Waals surface area contributed by atoms with Crippen LogP contribution in [-0.4, -0.2) is 11.6 Å². The summed E-state index contributed by atoms with van der Waals surface area (Å²) >= 11 is 0. The number of hydrazone groups is 1. The minimum Gasteiger partial charge on any atom is -0.486 e. The topological polar surface area (TPSA) is 63.8 Å². The minimum absolute atomic E-state index is 0.222. The van der Waals surface area contributed by atoms with Crippen LogP contribution in [0.1, 0.15) is 36.1 Å². The molecule has 0 atom stereocenters. The Morgan fingerprint density at radius 1 is 1.22 bits per heavy atom. The minimum atomic E-state index is -0.360. The van der Waals surface area contributed by atoms with Gasteiger partial charge in [0, 0.05) is 0 Å². The average Bonchev–Trinajstić information content (AvgIpc) is 3.21. The van der Waals surface area contributed by atoms with E-state index in [2.05, 4.69) is 17.5 Å². The fraction of sp³-hybridized carbons (Fsp3) is 0.222. The number of benzene rings is 1. The smallest absolute Gasteiger partial charge is 0.307 e. The van der Waals surface area contributed by atoms with Gasteiger partial charge in [0.1, 0.15) is 18.1 Å². The van der Waals surface area contributed by atoms with Crippen molar-refractivity contribution in [3.8, 4) is 5.75 Å². The molecule has 0 unspecified atom stereocenters. The van der Waals surface area contributed by atoms with Gasteiger partial charge in [0.15, 0.2) is 5.76 Å². The molecule has 0 saturated heterocycles. The van der Waals surface area contributed by atoms with Crippen molar-refractivity contribution in [1.82, 2.24) is 5.43 Å². The number of carbonyl (C=O) groups is 1. The summed E-state index contributed by atoms with van der Waals surface area (Å²) in [5.41, 5.74) is 4.68. The SMILES string of the molecule is CC1=C/C(=N\NC(=O)c2ccc(COc3ccccc3)o2)CC1. The summed E-state index contributed by atoms with van der Waals surface area (Å²) in [5, 5.41) is 4.10. The molecule has 1 aliphatic rings. The molecule has 0 aliphatic heterocycles. The molecule has 0 radical (unpaired) electrons. The van der Waals surface area contributed by atoms with Crippen LogP contribution in [-0.2, 0) is 6.61 Å². The lowest BCUT2D eigenvalue weighted by Crippen LogP contribution is -2.18. The van der Waals surface area contributed by atoms with Crippen molar-refractivity contribution in [2.75, 3.05) is 0 Å². The van der Waals surface area contributed by atoms with Crippen molar-refractivity contribution in [3.63, 3.8) is 0 Å². The monoisotopic (exact) mass is 310 g/mol. The van der Waals surface area contributed by atoms with Gasteiger partial charge in [-0.25, -0.2) is 5.43 Å². The standard InChI is InChI=1S/C18H18N2O3/c1-13-7-8-14(11-13)19-20-18(21)17-10-9-16(23-17)12-22-15-5-3-2-4-6-15/h2-6,9-11H,7-8,12H2,1H3,(H,20,21)/b19-14-. The molecule has 0 saturated carbocycles. The highest BCUT2D eigenvalue weighted by Gasteiger charge is 2.12. The van der Waals surface area contributed by atoms with Gasteiger partial charge in [-0.1, -0.05) is 23.8 Å². The fourth-order valence-corrected chi connectivity index (χ4v) is 2.27. The van der Waals surface area contributed by atoms with E-state index in [1.807, 2.05) is 36.4 Å². The van der Waals surface area contributed by atoms with E-state index in [0.717, 1.165) is 24.3 Å². The number of hydrogen-bond donors (Lipinski definition) is 1. The molecule has 0 spiro atoms. The molecule has 1 aromatic carbocycles. The van der Waals surface area contributed by atoms with Crippen LogP contribution in [0.5, 0.6) is 5.75 Å². The molecular weight excluding hydrogens is 292 g/mol. The third kappa shape index (κ3) is 4.10. The van der Waals surface area contributed by atoms with Crippen LogP contribution in [0.15, 0.2) is 63.6 Å². The second-order valence-corrected chi connectivity index (χ2v) is 5.40. The Morgan fingerprint density at radius 3 is 2.78 bits per heavy atom. The fourth-order valence-electron chi connectivity index (χ4n) is 2.27. The van der Waals surface area contributed by atoms with Crippen molar-refractivity contribution in [2.45, 2.75) is 26.4 Å². The van der Waals surface area contributed by atoms with Crippen LogP contribution in [0.25, 0.3) is 0 Å². The van der Waals surface area contributed by atoms with Crippen LogP contribution in [0.4, 0.5) is 0 Å². The quantitative estimate of drug-likeness (QED) is 0.857. The number of amides is 1. The Morgan fingerprint density at radius 2 is 2.04 bits per heavy atom. The van der Waals surface area contributed by atoms with E-state index >= 15 is 0 Å². The Hall–Kier alpha value is -2.82. The van der Waals surface area contributed by atoms with E-state index in [1.165, 1.54) is 5.57 Å². The molecule has 0 bridgehead atoms. The van der Waals surface area contributed by atoms with Crippen molar-refractivity contribution in [2.24, 2.45) is 5.10 Å². The lowest BCUT2D eigenvalue weighted by Gasteiger charge is -2.03. The second kappa shape index (κ2) is 6.96. The second-order valence-electron chi connectivity index (χ2n) is 5.40. The van der Waals surface area contributed by atoms with Gasteiger partial charge < -0.3 is 9.15 Å². The molecule has 1 heterocycles. The van der Waals surface area contributed by atoms with Crippen molar-refractivity contribution in [3.05, 3.63) is 65.6 Å².